The third kappa shape index (κ3) is 4.15. The summed E-state index contributed by atoms with van der Waals surface area (Å²) in [5.41, 5.74) is 0.941. The molecule has 5 aromatic rings. The van der Waals surface area contributed by atoms with Crippen LogP contribution in [-0.4, -0.2) is 16.4 Å². The lowest BCUT2D eigenvalue weighted by atomic mass is 10.2. The van der Waals surface area contributed by atoms with E-state index < -0.39 is 13.1 Å². The predicted molar refractivity (Wildman–Crippen MR) is 136 cm³/mol. The number of carbonyl (C=O) groups is 1. The lowest BCUT2D eigenvalue weighted by molar-refractivity contribution is 0.0736. The minimum atomic E-state index is -3.21. The van der Waals surface area contributed by atoms with Gasteiger partial charge in [-0.1, -0.05) is 91.0 Å². The van der Waals surface area contributed by atoms with Crippen molar-refractivity contribution in [3.63, 3.8) is 0 Å². The SMILES string of the molecule is O.O=C(Oc1cccc2c(P(=O)(c3ccccc3)c3ccccc3)ccnc12)c1ccccc1. The summed E-state index contributed by atoms with van der Waals surface area (Å²) in [6.07, 6.45) is 1.62. The number of benzene rings is 4. The maximum Gasteiger partial charge on any atom is 0.343 e. The minimum absolute atomic E-state index is 0. The van der Waals surface area contributed by atoms with Crippen LogP contribution in [0.15, 0.2) is 121 Å². The average molecular weight is 467 g/mol. The summed E-state index contributed by atoms with van der Waals surface area (Å²) < 4.78 is 20.6. The summed E-state index contributed by atoms with van der Waals surface area (Å²) >= 11 is 0. The van der Waals surface area contributed by atoms with E-state index in [-0.39, 0.29) is 5.48 Å². The zero-order chi connectivity index (χ0) is 22.7. The molecule has 6 heteroatoms. The van der Waals surface area contributed by atoms with Crippen molar-refractivity contribution < 1.29 is 19.6 Å². The first kappa shape index (κ1) is 23.1. The van der Waals surface area contributed by atoms with Crippen LogP contribution in [-0.2, 0) is 4.57 Å². The number of hydrogen-bond acceptors (Lipinski definition) is 4. The summed E-state index contributed by atoms with van der Waals surface area (Å²) in [4.78, 5) is 17.2. The monoisotopic (exact) mass is 467 g/mol. The highest BCUT2D eigenvalue weighted by Gasteiger charge is 2.31. The fraction of sp³-hybridized carbons (Fsp3) is 0. The molecular weight excluding hydrogens is 445 g/mol. The number of esters is 1. The van der Waals surface area contributed by atoms with Gasteiger partial charge in [-0.15, -0.1) is 0 Å². The molecule has 4 aromatic carbocycles. The molecular formula is C28H22NO4P. The molecule has 0 saturated heterocycles. The van der Waals surface area contributed by atoms with Gasteiger partial charge in [-0.05, 0) is 24.3 Å². The van der Waals surface area contributed by atoms with Gasteiger partial charge in [-0.2, -0.15) is 0 Å². The Labute approximate surface area is 197 Å². The predicted octanol–water partition coefficient (Wildman–Crippen LogP) is 4.27. The Balaban J connectivity index is 0.00000274. The van der Waals surface area contributed by atoms with Crippen molar-refractivity contribution in [2.24, 2.45) is 0 Å². The second kappa shape index (κ2) is 9.84. The second-order valence-electron chi connectivity index (χ2n) is 7.52. The third-order valence-electron chi connectivity index (χ3n) is 5.50. The Bertz CT molecular complexity index is 1430. The van der Waals surface area contributed by atoms with Crippen LogP contribution in [0.2, 0.25) is 0 Å². The molecule has 0 unspecified atom stereocenters. The molecule has 0 amide bonds. The van der Waals surface area contributed by atoms with E-state index in [1.807, 2.05) is 72.8 Å². The molecule has 5 rings (SSSR count). The van der Waals surface area contributed by atoms with Gasteiger partial charge in [0, 0.05) is 27.5 Å². The first-order valence-corrected chi connectivity index (χ1v) is 12.3. The molecule has 0 fully saturated rings. The van der Waals surface area contributed by atoms with Crippen LogP contribution < -0.4 is 20.7 Å². The maximum absolute atomic E-state index is 14.9. The first-order valence-electron chi connectivity index (χ1n) is 10.5. The largest absolute Gasteiger partial charge is 0.421 e. The molecule has 5 nitrogen and oxygen atoms in total. The smallest absolute Gasteiger partial charge is 0.343 e. The molecule has 0 aliphatic rings. The lowest BCUT2D eigenvalue weighted by Gasteiger charge is -2.21. The van der Waals surface area contributed by atoms with E-state index in [4.69, 9.17) is 4.74 Å². The van der Waals surface area contributed by atoms with Crippen molar-refractivity contribution >= 4 is 39.9 Å². The maximum atomic E-state index is 14.9. The van der Waals surface area contributed by atoms with Gasteiger partial charge in [0.1, 0.15) is 5.52 Å². The number of rotatable bonds is 5. The van der Waals surface area contributed by atoms with E-state index in [0.29, 0.717) is 27.5 Å². The van der Waals surface area contributed by atoms with E-state index in [1.54, 1.807) is 48.7 Å². The number of aromatic nitrogens is 1. The molecule has 1 aromatic heterocycles. The number of para-hydroxylation sites is 1. The van der Waals surface area contributed by atoms with Gasteiger partial charge in [-0.25, -0.2) is 4.79 Å². The van der Waals surface area contributed by atoms with E-state index in [1.165, 1.54) is 0 Å². The van der Waals surface area contributed by atoms with Crippen LogP contribution in [0.5, 0.6) is 5.75 Å². The zero-order valence-corrected chi connectivity index (χ0v) is 19.1. The summed E-state index contributed by atoms with van der Waals surface area (Å²) in [5.74, 6) is -0.138. The van der Waals surface area contributed by atoms with Crippen molar-refractivity contribution in [1.82, 2.24) is 4.98 Å². The van der Waals surface area contributed by atoms with Crippen LogP contribution in [0.1, 0.15) is 10.4 Å². The standard InChI is InChI=1S/C28H20NO3P.H2O/c30-28(21-11-4-1-5-12-21)32-25-18-10-17-24-26(19-20-29-27(24)25)33(31,22-13-6-2-7-14-22)23-15-8-3-9-16-23;/h1-20H;1H2. The van der Waals surface area contributed by atoms with Crippen molar-refractivity contribution in [2.75, 3.05) is 0 Å². The summed E-state index contributed by atoms with van der Waals surface area (Å²) in [6, 6.07) is 34.9. The zero-order valence-electron chi connectivity index (χ0n) is 18.2. The highest BCUT2D eigenvalue weighted by Crippen LogP contribution is 2.44. The van der Waals surface area contributed by atoms with Crippen LogP contribution in [0.3, 0.4) is 0 Å². The van der Waals surface area contributed by atoms with Crippen molar-refractivity contribution in [3.8, 4) is 5.75 Å². The minimum Gasteiger partial charge on any atom is -0.421 e. The third-order valence-corrected chi connectivity index (χ3v) is 8.62. The number of carbonyl (C=O) groups excluding carboxylic acids is 1. The van der Waals surface area contributed by atoms with Crippen LogP contribution in [0, 0.1) is 0 Å². The van der Waals surface area contributed by atoms with E-state index in [2.05, 4.69) is 4.98 Å². The van der Waals surface area contributed by atoms with Gasteiger partial charge in [0.05, 0.1) is 5.56 Å². The van der Waals surface area contributed by atoms with Gasteiger partial charge in [0.2, 0.25) is 0 Å². The van der Waals surface area contributed by atoms with E-state index in [9.17, 15) is 9.36 Å². The fourth-order valence-electron chi connectivity index (χ4n) is 3.93. The summed E-state index contributed by atoms with van der Waals surface area (Å²) in [6.45, 7) is 0. The van der Waals surface area contributed by atoms with Gasteiger partial charge in [-0.3, -0.25) is 4.98 Å². The van der Waals surface area contributed by atoms with Crippen molar-refractivity contribution in [1.29, 1.82) is 0 Å². The van der Waals surface area contributed by atoms with E-state index >= 15 is 0 Å². The molecule has 34 heavy (non-hydrogen) atoms. The van der Waals surface area contributed by atoms with Crippen molar-refractivity contribution in [3.05, 3.63) is 127 Å². The first-order chi connectivity index (χ1) is 16.2. The van der Waals surface area contributed by atoms with Gasteiger partial charge in [0.25, 0.3) is 0 Å². The lowest BCUT2D eigenvalue weighted by Crippen LogP contribution is -2.25. The van der Waals surface area contributed by atoms with Crippen LogP contribution >= 0.6 is 7.14 Å². The molecule has 0 saturated carbocycles. The Kier molecular flexibility index (Phi) is 6.69. The number of fused-ring (bicyclic) bond motifs is 1. The number of nitrogens with zero attached hydrogens (tertiary/aromatic N) is 1. The van der Waals surface area contributed by atoms with Crippen molar-refractivity contribution in [2.45, 2.75) is 0 Å². The Morgan fingerprint density at radius 2 is 1.24 bits per heavy atom. The van der Waals surface area contributed by atoms with Gasteiger partial charge < -0.3 is 14.8 Å². The Morgan fingerprint density at radius 3 is 1.82 bits per heavy atom. The van der Waals surface area contributed by atoms with Crippen LogP contribution in [0.4, 0.5) is 0 Å². The quantitative estimate of drug-likeness (QED) is 0.219. The second-order valence-corrected chi connectivity index (χ2v) is 10.3. The van der Waals surface area contributed by atoms with Gasteiger partial charge in [0.15, 0.2) is 12.9 Å². The van der Waals surface area contributed by atoms with E-state index in [0.717, 1.165) is 10.6 Å². The summed E-state index contributed by atoms with van der Waals surface area (Å²) in [7, 11) is -3.21. The highest BCUT2D eigenvalue weighted by molar-refractivity contribution is 7.85. The topological polar surface area (TPSA) is 87.8 Å². The van der Waals surface area contributed by atoms with Gasteiger partial charge >= 0.3 is 5.97 Å². The van der Waals surface area contributed by atoms with Crippen LogP contribution in [0.25, 0.3) is 10.9 Å². The molecule has 1 heterocycles. The molecule has 168 valence electrons. The average Bonchev–Trinajstić information content (AvgIpc) is 2.89. The summed E-state index contributed by atoms with van der Waals surface area (Å²) in [5, 5.41) is 2.81. The molecule has 0 aliphatic carbocycles. The molecule has 0 aliphatic heterocycles. The molecule has 0 bridgehead atoms. The fourth-order valence-corrected chi connectivity index (χ4v) is 6.76. The normalized spacial score (nSPS) is 10.9. The molecule has 2 N–H and O–H groups in total. The molecule has 0 atom stereocenters. The highest BCUT2D eigenvalue weighted by atomic mass is 31.2. The molecule has 0 radical (unpaired) electrons. The Morgan fingerprint density at radius 1 is 0.676 bits per heavy atom. The Hall–Kier alpha value is -4.05. The number of ether oxygens (including phenoxy) is 1. The molecule has 0 spiro atoms. The number of pyridine rings is 1. The number of hydrogen-bond donors (Lipinski definition) is 0.